The first-order valence-electron chi connectivity index (χ1n) is 15.0. The summed E-state index contributed by atoms with van der Waals surface area (Å²) in [6, 6.07) is 9.12. The van der Waals surface area contributed by atoms with Gasteiger partial charge in [-0.3, -0.25) is 9.59 Å². The molecule has 2 amide bonds. The van der Waals surface area contributed by atoms with Crippen LogP contribution < -0.4 is 11.1 Å². The van der Waals surface area contributed by atoms with Crippen molar-refractivity contribution >= 4 is 18.0 Å². The van der Waals surface area contributed by atoms with Gasteiger partial charge in [0.15, 0.2) is 0 Å². The van der Waals surface area contributed by atoms with Crippen LogP contribution in [-0.2, 0) is 25.5 Å². The molecule has 1 aromatic rings. The Morgan fingerprint density at radius 1 is 1.20 bits per heavy atom. The van der Waals surface area contributed by atoms with Crippen molar-refractivity contribution in [3.8, 4) is 0 Å². The third-order valence-electron chi connectivity index (χ3n) is 9.32. The maximum Gasteiger partial charge on any atom is 0.312 e. The summed E-state index contributed by atoms with van der Waals surface area (Å²) in [6.45, 7) is 7.97. The quantitative estimate of drug-likeness (QED) is 0.348. The van der Waals surface area contributed by atoms with Gasteiger partial charge in [0, 0.05) is 24.3 Å². The molecule has 1 fully saturated rings. The smallest absolute Gasteiger partial charge is 0.312 e. The fourth-order valence-corrected chi connectivity index (χ4v) is 6.54. The molecule has 1 aromatic carbocycles. The highest BCUT2D eigenvalue weighted by Crippen LogP contribution is 2.46. The third-order valence-corrected chi connectivity index (χ3v) is 9.32. The van der Waals surface area contributed by atoms with Crippen LogP contribution in [0.25, 0.3) is 0 Å². The number of ether oxygens (including phenoxy) is 2. The Bertz CT molecular complexity index is 1150. The predicted molar refractivity (Wildman–Crippen MR) is 156 cm³/mol. The number of benzene rings is 1. The van der Waals surface area contributed by atoms with Gasteiger partial charge in [-0.25, -0.2) is 4.79 Å². The largest absolute Gasteiger partial charge is 0.462 e. The van der Waals surface area contributed by atoms with Crippen molar-refractivity contribution in [2.75, 3.05) is 0 Å². The Morgan fingerprint density at radius 2 is 1.93 bits per heavy atom. The topological polar surface area (TPSA) is 128 Å². The number of aliphatic hydroxyl groups excluding tert-OH is 1. The molecule has 224 valence electrons. The molecule has 0 radical (unpaired) electrons. The van der Waals surface area contributed by atoms with E-state index in [0.29, 0.717) is 32.1 Å². The van der Waals surface area contributed by atoms with Crippen molar-refractivity contribution in [3.63, 3.8) is 0 Å². The number of aliphatic hydroxyl groups is 1. The molecule has 41 heavy (non-hydrogen) atoms. The van der Waals surface area contributed by atoms with E-state index >= 15 is 0 Å². The molecule has 3 aliphatic rings. The molecular formula is C33H46N2O6. The van der Waals surface area contributed by atoms with Crippen LogP contribution in [0.2, 0.25) is 0 Å². The van der Waals surface area contributed by atoms with Crippen LogP contribution in [0.3, 0.4) is 0 Å². The van der Waals surface area contributed by atoms with Crippen LogP contribution in [0.5, 0.6) is 0 Å². The lowest BCUT2D eigenvalue weighted by Crippen LogP contribution is -2.49. The highest BCUT2D eigenvalue weighted by molar-refractivity contribution is 5.76. The number of urea groups is 1. The maximum atomic E-state index is 13.4. The van der Waals surface area contributed by atoms with Gasteiger partial charge in [-0.05, 0) is 68.9 Å². The third kappa shape index (κ3) is 7.79. The summed E-state index contributed by atoms with van der Waals surface area (Å²) in [7, 11) is 0. The van der Waals surface area contributed by atoms with Gasteiger partial charge in [-0.15, -0.1) is 0 Å². The zero-order chi connectivity index (χ0) is 29.7. The molecule has 8 atom stereocenters. The molecule has 0 saturated carbocycles. The van der Waals surface area contributed by atoms with Gasteiger partial charge >= 0.3 is 18.0 Å². The van der Waals surface area contributed by atoms with Crippen molar-refractivity contribution in [2.24, 2.45) is 34.8 Å². The lowest BCUT2D eigenvalue weighted by atomic mass is 9.64. The van der Waals surface area contributed by atoms with E-state index in [2.05, 4.69) is 30.5 Å². The van der Waals surface area contributed by atoms with Crippen LogP contribution in [0.4, 0.5) is 4.79 Å². The summed E-state index contributed by atoms with van der Waals surface area (Å²) in [4.78, 5) is 37.4. The zero-order valence-electron chi connectivity index (χ0n) is 24.8. The van der Waals surface area contributed by atoms with Crippen LogP contribution in [0, 0.1) is 29.1 Å². The number of carbonyl (C=O) groups is 3. The fraction of sp³-hybridized carbons (Fsp3) is 0.606. The summed E-state index contributed by atoms with van der Waals surface area (Å²) in [5, 5.41) is 13.1. The predicted octanol–water partition coefficient (Wildman–Crippen LogP) is 4.85. The zero-order valence-corrected chi connectivity index (χ0v) is 24.8. The number of hydrogen-bond acceptors (Lipinski definition) is 6. The van der Waals surface area contributed by atoms with Crippen molar-refractivity contribution in [1.29, 1.82) is 0 Å². The summed E-state index contributed by atoms with van der Waals surface area (Å²) in [5.41, 5.74) is 7.19. The van der Waals surface area contributed by atoms with Gasteiger partial charge in [0.1, 0.15) is 12.2 Å². The number of fused-ring (bicyclic) bond motifs is 1. The van der Waals surface area contributed by atoms with Crippen molar-refractivity contribution < 1.29 is 29.0 Å². The molecule has 1 saturated heterocycles. The van der Waals surface area contributed by atoms with Crippen molar-refractivity contribution in [3.05, 3.63) is 59.7 Å². The number of carbonyl (C=O) groups excluding carboxylic acids is 3. The molecule has 1 heterocycles. The average Bonchev–Trinajstić information content (AvgIpc) is 2.92. The first kappa shape index (κ1) is 30.8. The Hall–Kier alpha value is -3.13. The highest BCUT2D eigenvalue weighted by atomic mass is 16.6. The number of hydrogen-bond donors (Lipinski definition) is 3. The second-order valence-electron chi connectivity index (χ2n) is 12.7. The van der Waals surface area contributed by atoms with E-state index in [9.17, 15) is 19.5 Å². The van der Waals surface area contributed by atoms with Crippen LogP contribution in [-0.4, -0.2) is 47.4 Å². The number of esters is 2. The van der Waals surface area contributed by atoms with E-state index in [0.717, 1.165) is 17.6 Å². The molecule has 1 aliphatic heterocycles. The fourth-order valence-electron chi connectivity index (χ4n) is 6.54. The Morgan fingerprint density at radius 3 is 2.59 bits per heavy atom. The first-order chi connectivity index (χ1) is 19.5. The van der Waals surface area contributed by atoms with Crippen LogP contribution in [0.15, 0.2) is 54.1 Å². The molecule has 0 aromatic heterocycles. The van der Waals surface area contributed by atoms with Gasteiger partial charge in [-0.2, -0.15) is 0 Å². The maximum absolute atomic E-state index is 13.4. The molecule has 4 rings (SSSR count). The second kappa shape index (κ2) is 13.2. The molecule has 0 spiro atoms. The van der Waals surface area contributed by atoms with E-state index in [1.807, 2.05) is 51.1 Å². The minimum absolute atomic E-state index is 0.0296. The number of primary amides is 1. The highest BCUT2D eigenvalue weighted by Gasteiger charge is 2.45. The Kier molecular flexibility index (Phi) is 9.95. The van der Waals surface area contributed by atoms with Crippen molar-refractivity contribution in [2.45, 2.75) is 97.0 Å². The molecular weight excluding hydrogens is 520 g/mol. The summed E-state index contributed by atoms with van der Waals surface area (Å²) in [5.74, 6) is -0.321. The molecule has 8 heteroatoms. The number of cyclic esters (lactones) is 1. The minimum atomic E-state index is -0.667. The summed E-state index contributed by atoms with van der Waals surface area (Å²) in [6.07, 6.45) is 8.90. The number of nitrogens with two attached hydrogens (primary N) is 1. The van der Waals surface area contributed by atoms with Crippen LogP contribution in [0.1, 0.15) is 71.8 Å². The van der Waals surface area contributed by atoms with E-state index in [1.54, 1.807) is 0 Å². The molecule has 2 aliphatic carbocycles. The van der Waals surface area contributed by atoms with E-state index in [4.69, 9.17) is 15.2 Å². The van der Waals surface area contributed by atoms with E-state index < -0.39 is 17.6 Å². The minimum Gasteiger partial charge on any atom is -0.462 e. The number of nitrogens with one attached hydrogen (secondary N) is 1. The Labute approximate surface area is 243 Å². The lowest BCUT2D eigenvalue weighted by Gasteiger charge is -2.45. The van der Waals surface area contributed by atoms with Gasteiger partial charge in [0.25, 0.3) is 0 Å². The second-order valence-corrected chi connectivity index (χ2v) is 12.7. The van der Waals surface area contributed by atoms with Crippen molar-refractivity contribution in [1.82, 2.24) is 5.32 Å². The average molecular weight is 567 g/mol. The monoisotopic (exact) mass is 566 g/mol. The molecule has 1 unspecified atom stereocenters. The van der Waals surface area contributed by atoms with Gasteiger partial charge in [0.2, 0.25) is 0 Å². The standard InChI is InChI=1S/C33H46N2O6/c1-5-33(3,4)31(38)41-28-17-23(27(35-32(34)39)15-21-9-7-6-8-10-21)16-22-12-11-20(2)26(30(22)28)14-13-25-18-24(36)19-29(37)40-25/h6-12,16,20,23-28,30,36H,5,13-15,17-19H2,1-4H3,(H3,34,35,39)/t20-,23-,24+,25+,26-,27?,28-,30-/m0/s1. The number of amides is 2. The summed E-state index contributed by atoms with van der Waals surface area (Å²) < 4.78 is 11.9. The van der Waals surface area contributed by atoms with E-state index in [1.165, 1.54) is 0 Å². The van der Waals surface area contributed by atoms with Gasteiger partial charge in [0.05, 0.1) is 17.9 Å². The molecule has 0 bridgehead atoms. The Balaban J connectivity index is 1.63. The van der Waals surface area contributed by atoms with E-state index in [-0.39, 0.29) is 60.3 Å². The summed E-state index contributed by atoms with van der Waals surface area (Å²) >= 11 is 0. The lowest BCUT2D eigenvalue weighted by molar-refractivity contribution is -0.166. The van der Waals surface area contributed by atoms with Crippen LogP contribution >= 0.6 is 0 Å². The first-order valence-corrected chi connectivity index (χ1v) is 15.0. The molecule has 8 nitrogen and oxygen atoms in total. The number of allylic oxidation sites excluding steroid dienone is 2. The number of rotatable bonds is 10. The SMILES string of the molecule is CCC(C)(C)C(=O)O[C@H]1C[C@@H](C(Cc2ccccc2)NC(N)=O)C=C2C=C[C@H](C)[C@H](CC[C@@H]3C[C@@H](O)CC(=O)O3)[C@H]21. The normalized spacial score (nSPS) is 30.4. The van der Waals surface area contributed by atoms with Gasteiger partial charge in [-0.1, -0.05) is 62.4 Å². The van der Waals surface area contributed by atoms with Gasteiger partial charge < -0.3 is 25.6 Å². The molecule has 4 N–H and O–H groups in total.